The Balaban J connectivity index is 1.93. The van der Waals surface area contributed by atoms with Gasteiger partial charge in [0.15, 0.2) is 5.82 Å². The van der Waals surface area contributed by atoms with E-state index in [0.29, 0.717) is 5.69 Å². The molecule has 0 atom stereocenters. The van der Waals surface area contributed by atoms with Gasteiger partial charge in [0.2, 0.25) is 5.91 Å². The van der Waals surface area contributed by atoms with Crippen LogP contribution in [0.15, 0.2) is 48.8 Å². The molecule has 0 saturated heterocycles. The lowest BCUT2D eigenvalue weighted by Gasteiger charge is -2.12. The van der Waals surface area contributed by atoms with Crippen molar-refractivity contribution in [2.24, 2.45) is 0 Å². The number of halogens is 3. The average molecular weight is 390 g/mol. The highest BCUT2D eigenvalue weighted by Gasteiger charge is 2.29. The number of alkyl halides is 3. The van der Waals surface area contributed by atoms with Gasteiger partial charge in [0.05, 0.1) is 12.1 Å². The zero-order valence-corrected chi connectivity index (χ0v) is 14.7. The summed E-state index contributed by atoms with van der Waals surface area (Å²) >= 11 is 0. The first kappa shape index (κ1) is 20.8. The normalized spacial score (nSPS) is 10.6. The van der Waals surface area contributed by atoms with Crippen molar-refractivity contribution in [2.45, 2.75) is 12.6 Å². The first-order valence-electron chi connectivity index (χ1n) is 8.09. The molecule has 0 radical (unpaired) electrons. The number of terminal acetylenes is 1. The Morgan fingerprint density at radius 2 is 1.89 bits per heavy atom. The number of hydrogen-bond donors (Lipinski definition) is 2. The Bertz CT molecular complexity index is 874. The topological polar surface area (TPSA) is 76.1 Å². The van der Waals surface area contributed by atoms with Crippen molar-refractivity contribution < 1.29 is 22.7 Å². The number of anilines is 2. The van der Waals surface area contributed by atoms with Gasteiger partial charge in [0.1, 0.15) is 6.61 Å². The maximum Gasteiger partial charge on any atom is 0.416 e. The highest BCUT2D eigenvalue weighted by molar-refractivity contribution is 5.93. The molecular weight excluding hydrogens is 373 g/mol. The molecule has 1 aromatic carbocycles. The standard InChI is InChI=1S/C19H17F3N4O2/c1-3-4-13(2)17(27)24-11-12-28-18-16(23-9-10-25-18)26-15-7-5-14(6-8-15)19(20,21)22/h1,5-10H,2,4,11-12H2,(H,23,26)(H,24,27). The van der Waals surface area contributed by atoms with Crippen LogP contribution in [0.4, 0.5) is 24.7 Å². The van der Waals surface area contributed by atoms with Crippen molar-refractivity contribution >= 4 is 17.4 Å². The van der Waals surface area contributed by atoms with Crippen LogP contribution in [0.1, 0.15) is 12.0 Å². The number of amides is 1. The van der Waals surface area contributed by atoms with Gasteiger partial charge in [0, 0.05) is 30.1 Å². The molecule has 2 N–H and O–H groups in total. The number of hydrogen-bond acceptors (Lipinski definition) is 5. The van der Waals surface area contributed by atoms with Gasteiger partial charge in [-0.25, -0.2) is 9.97 Å². The van der Waals surface area contributed by atoms with Gasteiger partial charge in [-0.3, -0.25) is 4.79 Å². The molecule has 2 rings (SSSR count). The second kappa shape index (κ2) is 9.41. The van der Waals surface area contributed by atoms with Crippen molar-refractivity contribution in [3.63, 3.8) is 0 Å². The first-order chi connectivity index (χ1) is 13.3. The molecule has 1 aromatic heterocycles. The summed E-state index contributed by atoms with van der Waals surface area (Å²) in [6, 6.07) is 4.47. The van der Waals surface area contributed by atoms with Crippen LogP contribution >= 0.6 is 0 Å². The van der Waals surface area contributed by atoms with E-state index in [2.05, 4.69) is 33.1 Å². The number of carbonyl (C=O) groups excluding carboxylic acids is 1. The average Bonchev–Trinajstić information content (AvgIpc) is 2.66. The lowest BCUT2D eigenvalue weighted by molar-refractivity contribution is -0.137. The maximum atomic E-state index is 12.6. The van der Waals surface area contributed by atoms with Crippen molar-refractivity contribution in [1.82, 2.24) is 15.3 Å². The lowest BCUT2D eigenvalue weighted by Crippen LogP contribution is -2.29. The molecular formula is C19H17F3N4O2. The minimum atomic E-state index is -4.41. The molecule has 6 nitrogen and oxygen atoms in total. The summed E-state index contributed by atoms with van der Waals surface area (Å²) in [5, 5.41) is 5.44. The quantitative estimate of drug-likeness (QED) is 0.411. The first-order valence-corrected chi connectivity index (χ1v) is 8.09. The number of rotatable bonds is 8. The van der Waals surface area contributed by atoms with Crippen LogP contribution in [-0.2, 0) is 11.0 Å². The Labute approximate surface area is 159 Å². The van der Waals surface area contributed by atoms with Gasteiger partial charge in [-0.1, -0.05) is 6.58 Å². The number of nitrogens with zero attached hydrogens (tertiary/aromatic N) is 2. The third kappa shape index (κ3) is 6.02. The fourth-order valence-corrected chi connectivity index (χ4v) is 2.04. The molecule has 0 saturated carbocycles. The van der Waals surface area contributed by atoms with Crippen LogP contribution in [0.5, 0.6) is 5.88 Å². The van der Waals surface area contributed by atoms with Crippen LogP contribution in [0, 0.1) is 12.3 Å². The molecule has 9 heteroatoms. The molecule has 146 valence electrons. The molecule has 2 aromatic rings. The summed E-state index contributed by atoms with van der Waals surface area (Å²) < 4.78 is 43.4. The van der Waals surface area contributed by atoms with Gasteiger partial charge in [-0.2, -0.15) is 13.2 Å². The van der Waals surface area contributed by atoms with E-state index in [9.17, 15) is 18.0 Å². The predicted octanol–water partition coefficient (Wildman–Crippen LogP) is 3.31. The van der Waals surface area contributed by atoms with E-state index >= 15 is 0 Å². The number of carbonyl (C=O) groups is 1. The van der Waals surface area contributed by atoms with Gasteiger partial charge in [-0.15, -0.1) is 12.3 Å². The molecule has 0 aliphatic carbocycles. The molecule has 0 spiro atoms. The number of nitrogens with one attached hydrogen (secondary N) is 2. The van der Waals surface area contributed by atoms with Crippen LogP contribution < -0.4 is 15.4 Å². The SMILES string of the molecule is C#CCC(=C)C(=O)NCCOc1nccnc1Nc1ccc(C(F)(F)F)cc1. The van der Waals surface area contributed by atoms with E-state index in [4.69, 9.17) is 11.2 Å². The van der Waals surface area contributed by atoms with E-state index in [1.165, 1.54) is 24.5 Å². The summed E-state index contributed by atoms with van der Waals surface area (Å²) in [4.78, 5) is 19.8. The summed E-state index contributed by atoms with van der Waals surface area (Å²) in [5.74, 6) is 2.32. The summed E-state index contributed by atoms with van der Waals surface area (Å²) in [6.45, 7) is 3.84. The minimum Gasteiger partial charge on any atom is -0.473 e. The summed E-state index contributed by atoms with van der Waals surface area (Å²) in [7, 11) is 0. The number of benzene rings is 1. The molecule has 28 heavy (non-hydrogen) atoms. The van der Waals surface area contributed by atoms with Gasteiger partial charge in [0.25, 0.3) is 5.88 Å². The van der Waals surface area contributed by atoms with Gasteiger partial charge >= 0.3 is 6.18 Å². The van der Waals surface area contributed by atoms with E-state index < -0.39 is 11.7 Å². The van der Waals surface area contributed by atoms with Gasteiger partial charge in [-0.05, 0) is 24.3 Å². The zero-order valence-electron chi connectivity index (χ0n) is 14.7. The van der Waals surface area contributed by atoms with Crippen LogP contribution in [-0.4, -0.2) is 29.0 Å². The monoisotopic (exact) mass is 390 g/mol. The van der Waals surface area contributed by atoms with Crippen molar-refractivity contribution in [3.8, 4) is 18.2 Å². The fourth-order valence-electron chi connectivity index (χ4n) is 2.04. The molecule has 1 amide bonds. The molecule has 0 aliphatic rings. The Morgan fingerprint density at radius 3 is 2.54 bits per heavy atom. The van der Waals surface area contributed by atoms with Crippen molar-refractivity contribution in [1.29, 1.82) is 0 Å². The second-order valence-electron chi connectivity index (χ2n) is 5.50. The second-order valence-corrected chi connectivity index (χ2v) is 5.50. The van der Waals surface area contributed by atoms with E-state index in [1.807, 2.05) is 0 Å². The van der Waals surface area contributed by atoms with E-state index in [0.717, 1.165) is 12.1 Å². The maximum absolute atomic E-state index is 12.6. The predicted molar refractivity (Wildman–Crippen MR) is 97.9 cm³/mol. The van der Waals surface area contributed by atoms with Crippen molar-refractivity contribution in [2.75, 3.05) is 18.5 Å². The molecule has 0 aliphatic heterocycles. The highest BCUT2D eigenvalue weighted by atomic mass is 19.4. The Hall–Kier alpha value is -3.54. The van der Waals surface area contributed by atoms with Crippen LogP contribution in [0.25, 0.3) is 0 Å². The molecule has 0 fully saturated rings. The third-order valence-corrected chi connectivity index (χ3v) is 3.40. The largest absolute Gasteiger partial charge is 0.473 e. The van der Waals surface area contributed by atoms with Crippen molar-refractivity contribution in [3.05, 3.63) is 54.4 Å². The lowest BCUT2D eigenvalue weighted by atomic mass is 10.2. The van der Waals surface area contributed by atoms with Crippen LogP contribution in [0.3, 0.4) is 0 Å². The zero-order chi connectivity index (χ0) is 20.6. The Kier molecular flexibility index (Phi) is 6.98. The molecule has 1 heterocycles. The Morgan fingerprint density at radius 1 is 1.21 bits per heavy atom. The molecule has 0 bridgehead atoms. The summed E-state index contributed by atoms with van der Waals surface area (Å²) in [5.41, 5.74) is -0.0975. The molecule has 0 unspecified atom stereocenters. The smallest absolute Gasteiger partial charge is 0.416 e. The van der Waals surface area contributed by atoms with Crippen LogP contribution in [0.2, 0.25) is 0 Å². The number of ether oxygens (including phenoxy) is 1. The minimum absolute atomic E-state index is 0.0927. The third-order valence-electron chi connectivity index (χ3n) is 3.40. The van der Waals surface area contributed by atoms with E-state index in [1.54, 1.807) is 0 Å². The number of aromatic nitrogens is 2. The fraction of sp³-hybridized carbons (Fsp3) is 0.211. The highest BCUT2D eigenvalue weighted by Crippen LogP contribution is 2.30. The van der Waals surface area contributed by atoms with E-state index in [-0.39, 0.29) is 42.8 Å². The summed E-state index contributed by atoms with van der Waals surface area (Å²) in [6.07, 6.45) is 3.67. The van der Waals surface area contributed by atoms with Gasteiger partial charge < -0.3 is 15.4 Å².